The molecule has 0 spiro atoms. The number of morpholine rings is 1. The molecule has 0 unspecified atom stereocenters. The van der Waals surface area contributed by atoms with Crippen LogP contribution < -0.4 is 0 Å². The lowest BCUT2D eigenvalue weighted by atomic mass is 10.1. The van der Waals surface area contributed by atoms with E-state index >= 15 is 0 Å². The molecule has 2 aliphatic heterocycles. The van der Waals surface area contributed by atoms with Gasteiger partial charge in [0.15, 0.2) is 0 Å². The number of amides is 1. The van der Waals surface area contributed by atoms with E-state index in [2.05, 4.69) is 9.88 Å². The van der Waals surface area contributed by atoms with E-state index in [9.17, 15) is 4.79 Å². The highest BCUT2D eigenvalue weighted by molar-refractivity contribution is 5.78. The number of carbonyl (C=O) groups excluding carboxylic acids is 1. The highest BCUT2D eigenvalue weighted by atomic mass is 16.5. The van der Waals surface area contributed by atoms with Crippen LogP contribution in [0.15, 0.2) is 47.2 Å². The number of carbonyl (C=O) groups is 1. The third-order valence-electron chi connectivity index (χ3n) is 4.47. The summed E-state index contributed by atoms with van der Waals surface area (Å²) in [7, 11) is 0. The van der Waals surface area contributed by atoms with Crippen LogP contribution in [0, 0.1) is 0 Å². The Hall–Kier alpha value is -2.18. The first-order valence-corrected chi connectivity index (χ1v) is 7.85. The van der Waals surface area contributed by atoms with E-state index < -0.39 is 0 Å². The van der Waals surface area contributed by atoms with Crippen LogP contribution in [0.25, 0.3) is 0 Å². The summed E-state index contributed by atoms with van der Waals surface area (Å²) >= 11 is 0. The molecule has 6 heteroatoms. The number of hydrogen-bond donors (Lipinski definition) is 0. The van der Waals surface area contributed by atoms with Crippen molar-refractivity contribution < 1.29 is 13.9 Å². The Balaban J connectivity index is 1.47. The van der Waals surface area contributed by atoms with E-state index in [1.54, 1.807) is 12.5 Å². The fraction of sp³-hybridized carbons (Fsp3) is 0.412. The molecular weight excluding hydrogens is 294 g/mol. The molecular formula is C17H19N3O3. The summed E-state index contributed by atoms with van der Waals surface area (Å²) in [6.07, 6.45) is 3.51. The maximum absolute atomic E-state index is 12.3. The van der Waals surface area contributed by atoms with Gasteiger partial charge in [0.2, 0.25) is 5.91 Å². The van der Waals surface area contributed by atoms with E-state index in [0.717, 1.165) is 31.1 Å². The third kappa shape index (κ3) is 3.00. The zero-order valence-corrected chi connectivity index (χ0v) is 12.8. The van der Waals surface area contributed by atoms with Crippen molar-refractivity contribution in [2.75, 3.05) is 19.7 Å². The number of hydrogen-bond acceptors (Lipinski definition) is 5. The van der Waals surface area contributed by atoms with Gasteiger partial charge in [-0.1, -0.05) is 6.07 Å². The number of furan rings is 1. The van der Waals surface area contributed by atoms with Crippen LogP contribution in [0.3, 0.4) is 0 Å². The van der Waals surface area contributed by atoms with E-state index in [1.165, 1.54) is 0 Å². The monoisotopic (exact) mass is 313 g/mol. The summed E-state index contributed by atoms with van der Waals surface area (Å²) in [5.74, 6) is 0.975. The molecule has 0 N–H and O–H groups in total. The molecule has 0 bridgehead atoms. The number of aromatic nitrogens is 1. The van der Waals surface area contributed by atoms with E-state index in [4.69, 9.17) is 9.15 Å². The van der Waals surface area contributed by atoms with Crippen molar-refractivity contribution in [3.05, 3.63) is 54.2 Å². The number of pyridine rings is 1. The van der Waals surface area contributed by atoms with Crippen LogP contribution in [0.4, 0.5) is 0 Å². The van der Waals surface area contributed by atoms with Crippen LogP contribution in [0.2, 0.25) is 0 Å². The fourth-order valence-electron chi connectivity index (χ4n) is 3.37. The van der Waals surface area contributed by atoms with Crippen LogP contribution in [0.5, 0.6) is 0 Å². The van der Waals surface area contributed by atoms with Crippen LogP contribution in [-0.4, -0.2) is 52.5 Å². The molecule has 4 rings (SSSR count). The minimum absolute atomic E-state index is 0.0387. The second-order valence-electron chi connectivity index (χ2n) is 6.03. The van der Waals surface area contributed by atoms with Crippen molar-refractivity contribution in [1.29, 1.82) is 0 Å². The Morgan fingerprint density at radius 2 is 2.13 bits per heavy atom. The SMILES string of the molecule is O=C1CO[C@H]2CN(Cc3ccco3)C[C@H]2N1Cc1ccccn1. The van der Waals surface area contributed by atoms with Crippen LogP contribution in [0.1, 0.15) is 11.5 Å². The normalized spacial score (nSPS) is 24.9. The van der Waals surface area contributed by atoms with Gasteiger partial charge in [0, 0.05) is 19.3 Å². The Bertz CT molecular complexity index is 659. The van der Waals surface area contributed by atoms with Gasteiger partial charge >= 0.3 is 0 Å². The summed E-state index contributed by atoms with van der Waals surface area (Å²) < 4.78 is 11.2. The van der Waals surface area contributed by atoms with Gasteiger partial charge in [0.1, 0.15) is 12.4 Å². The minimum atomic E-state index is 0.0387. The Morgan fingerprint density at radius 1 is 1.17 bits per heavy atom. The predicted octanol–water partition coefficient (Wildman–Crippen LogP) is 1.29. The van der Waals surface area contributed by atoms with Crippen molar-refractivity contribution in [1.82, 2.24) is 14.8 Å². The molecule has 2 fully saturated rings. The van der Waals surface area contributed by atoms with Crippen molar-refractivity contribution in [2.45, 2.75) is 25.2 Å². The fourth-order valence-corrected chi connectivity index (χ4v) is 3.37. The van der Waals surface area contributed by atoms with Gasteiger partial charge in [-0.3, -0.25) is 14.7 Å². The zero-order chi connectivity index (χ0) is 15.6. The number of likely N-dealkylation sites (tertiary alicyclic amines) is 1. The van der Waals surface area contributed by atoms with Gasteiger partial charge in [-0.2, -0.15) is 0 Å². The number of nitrogens with zero attached hydrogens (tertiary/aromatic N) is 3. The summed E-state index contributed by atoms with van der Waals surface area (Å²) in [6, 6.07) is 9.73. The number of ether oxygens (including phenoxy) is 1. The minimum Gasteiger partial charge on any atom is -0.468 e. The maximum atomic E-state index is 12.3. The summed E-state index contributed by atoms with van der Waals surface area (Å²) in [5.41, 5.74) is 0.908. The first-order chi connectivity index (χ1) is 11.3. The molecule has 2 aromatic rings. The van der Waals surface area contributed by atoms with E-state index in [0.29, 0.717) is 6.54 Å². The van der Waals surface area contributed by atoms with Gasteiger partial charge in [-0.05, 0) is 24.3 Å². The molecule has 120 valence electrons. The van der Waals surface area contributed by atoms with Gasteiger partial charge < -0.3 is 14.1 Å². The van der Waals surface area contributed by atoms with Gasteiger partial charge in [-0.15, -0.1) is 0 Å². The van der Waals surface area contributed by atoms with Gasteiger partial charge in [0.05, 0.1) is 37.2 Å². The molecule has 1 amide bonds. The first kappa shape index (κ1) is 14.4. The smallest absolute Gasteiger partial charge is 0.249 e. The van der Waals surface area contributed by atoms with Gasteiger partial charge in [0.25, 0.3) is 0 Å². The second kappa shape index (κ2) is 6.14. The average molecular weight is 313 g/mol. The summed E-state index contributed by atoms with van der Waals surface area (Å²) in [6.45, 7) is 3.05. The van der Waals surface area contributed by atoms with Crippen LogP contribution in [-0.2, 0) is 22.6 Å². The molecule has 0 saturated carbocycles. The molecule has 0 radical (unpaired) electrons. The van der Waals surface area contributed by atoms with E-state index in [-0.39, 0.29) is 24.7 Å². The van der Waals surface area contributed by atoms with E-state index in [1.807, 2.05) is 35.2 Å². The number of fused-ring (bicyclic) bond motifs is 1. The molecule has 2 saturated heterocycles. The number of rotatable bonds is 4. The molecule has 2 atom stereocenters. The predicted molar refractivity (Wildman–Crippen MR) is 82.3 cm³/mol. The molecule has 4 heterocycles. The topological polar surface area (TPSA) is 58.8 Å². The lowest BCUT2D eigenvalue weighted by molar-refractivity contribution is -0.154. The largest absolute Gasteiger partial charge is 0.468 e. The van der Waals surface area contributed by atoms with Crippen molar-refractivity contribution in [3.63, 3.8) is 0 Å². The molecule has 2 aliphatic rings. The standard InChI is InChI=1S/C17H19N3O3/c21-17-12-23-16-11-19(9-14-5-3-7-22-14)10-15(16)20(17)8-13-4-1-2-6-18-13/h1-7,15-16H,8-12H2/t15-,16+/m1/s1. The maximum Gasteiger partial charge on any atom is 0.249 e. The lowest BCUT2D eigenvalue weighted by Gasteiger charge is -2.36. The highest BCUT2D eigenvalue weighted by Crippen LogP contribution is 2.26. The highest BCUT2D eigenvalue weighted by Gasteiger charge is 2.43. The summed E-state index contributed by atoms with van der Waals surface area (Å²) in [5, 5.41) is 0. The molecule has 0 aromatic carbocycles. The Kier molecular flexibility index (Phi) is 3.85. The van der Waals surface area contributed by atoms with Crippen molar-refractivity contribution in [2.24, 2.45) is 0 Å². The summed E-state index contributed by atoms with van der Waals surface area (Å²) in [4.78, 5) is 20.8. The second-order valence-corrected chi connectivity index (χ2v) is 6.03. The third-order valence-corrected chi connectivity index (χ3v) is 4.47. The molecule has 6 nitrogen and oxygen atoms in total. The Labute approximate surface area is 134 Å². The Morgan fingerprint density at radius 3 is 2.91 bits per heavy atom. The molecule has 0 aliphatic carbocycles. The zero-order valence-electron chi connectivity index (χ0n) is 12.8. The first-order valence-electron chi connectivity index (χ1n) is 7.85. The van der Waals surface area contributed by atoms with Gasteiger partial charge in [-0.25, -0.2) is 0 Å². The average Bonchev–Trinajstić information content (AvgIpc) is 3.21. The molecule has 23 heavy (non-hydrogen) atoms. The van der Waals surface area contributed by atoms with Crippen molar-refractivity contribution in [3.8, 4) is 0 Å². The van der Waals surface area contributed by atoms with Crippen molar-refractivity contribution >= 4 is 5.91 Å². The quantitative estimate of drug-likeness (QED) is 0.851. The lowest BCUT2D eigenvalue weighted by Crippen LogP contribution is -2.53. The van der Waals surface area contributed by atoms with Crippen LogP contribution >= 0.6 is 0 Å². The molecule has 2 aromatic heterocycles.